The number of benzene rings is 1. The number of nitrogens with two attached hydrogens (primary N) is 1. The third-order valence-corrected chi connectivity index (χ3v) is 8.57. The zero-order chi connectivity index (χ0) is 27.4. The van der Waals surface area contributed by atoms with Crippen molar-refractivity contribution in [2.24, 2.45) is 5.73 Å². The van der Waals surface area contributed by atoms with Crippen LogP contribution in [0.1, 0.15) is 61.6 Å². The van der Waals surface area contributed by atoms with Crippen molar-refractivity contribution in [1.82, 2.24) is 19.8 Å². The van der Waals surface area contributed by atoms with E-state index in [4.69, 9.17) is 10.7 Å². The smallest absolute Gasteiger partial charge is 0.271 e. The predicted molar refractivity (Wildman–Crippen MR) is 156 cm³/mol. The SMILES string of the molecule is CCc1nc(C(N)=O)c(Nc2cccc(N3CCC(N4CCN(C)CC4)CC3)c2)nc1NC1CCC(O)CC1. The van der Waals surface area contributed by atoms with Crippen LogP contribution in [0.2, 0.25) is 0 Å². The fourth-order valence-corrected chi connectivity index (χ4v) is 6.10. The molecule has 0 unspecified atom stereocenters. The van der Waals surface area contributed by atoms with E-state index >= 15 is 0 Å². The molecule has 39 heavy (non-hydrogen) atoms. The molecule has 1 aliphatic carbocycles. The fourth-order valence-electron chi connectivity index (χ4n) is 6.10. The molecule has 212 valence electrons. The van der Waals surface area contributed by atoms with Crippen LogP contribution in [0.3, 0.4) is 0 Å². The van der Waals surface area contributed by atoms with Crippen molar-refractivity contribution in [1.29, 1.82) is 0 Å². The van der Waals surface area contributed by atoms with Crippen LogP contribution in [-0.4, -0.2) is 95.3 Å². The Balaban J connectivity index is 1.28. The van der Waals surface area contributed by atoms with Gasteiger partial charge in [0, 0.05) is 62.7 Å². The molecule has 10 heteroatoms. The van der Waals surface area contributed by atoms with Crippen LogP contribution in [-0.2, 0) is 6.42 Å². The minimum absolute atomic E-state index is 0.148. The Morgan fingerprint density at radius 2 is 1.72 bits per heavy atom. The van der Waals surface area contributed by atoms with Crippen molar-refractivity contribution in [3.63, 3.8) is 0 Å². The van der Waals surface area contributed by atoms with Crippen LogP contribution in [0, 0.1) is 0 Å². The number of piperazine rings is 1. The third-order valence-electron chi connectivity index (χ3n) is 8.57. The van der Waals surface area contributed by atoms with E-state index in [0.717, 1.165) is 68.9 Å². The first-order valence-electron chi connectivity index (χ1n) is 14.6. The molecule has 0 spiro atoms. The molecule has 1 aromatic heterocycles. The van der Waals surface area contributed by atoms with Crippen molar-refractivity contribution in [3.05, 3.63) is 35.7 Å². The maximum atomic E-state index is 12.3. The van der Waals surface area contributed by atoms with Gasteiger partial charge in [0.05, 0.1) is 11.8 Å². The number of nitrogens with one attached hydrogen (secondary N) is 2. The van der Waals surface area contributed by atoms with Crippen LogP contribution in [0.4, 0.5) is 23.0 Å². The zero-order valence-electron chi connectivity index (χ0n) is 23.4. The Kier molecular flexibility index (Phi) is 8.84. The lowest BCUT2D eigenvalue weighted by Gasteiger charge is -2.42. The average molecular weight is 537 g/mol. The molecule has 3 heterocycles. The molecule has 1 saturated carbocycles. The highest BCUT2D eigenvalue weighted by molar-refractivity contribution is 5.96. The number of anilines is 4. The second-order valence-electron chi connectivity index (χ2n) is 11.3. The number of amides is 1. The molecule has 5 N–H and O–H groups in total. The van der Waals surface area contributed by atoms with Crippen LogP contribution in [0.25, 0.3) is 0 Å². The van der Waals surface area contributed by atoms with Crippen LogP contribution < -0.4 is 21.3 Å². The number of aliphatic hydroxyl groups excluding tert-OH is 1. The quantitative estimate of drug-likeness (QED) is 0.403. The third kappa shape index (κ3) is 6.80. The molecule has 0 atom stereocenters. The summed E-state index contributed by atoms with van der Waals surface area (Å²) >= 11 is 0. The Bertz CT molecular complexity index is 1120. The fraction of sp³-hybridized carbons (Fsp3) is 0.621. The molecule has 3 aliphatic rings. The van der Waals surface area contributed by atoms with Gasteiger partial charge in [0.25, 0.3) is 5.91 Å². The molecule has 0 radical (unpaired) electrons. The molecule has 1 amide bonds. The molecule has 2 aromatic rings. The zero-order valence-corrected chi connectivity index (χ0v) is 23.4. The number of rotatable bonds is 8. The van der Waals surface area contributed by atoms with E-state index < -0.39 is 5.91 Å². The Morgan fingerprint density at radius 3 is 2.38 bits per heavy atom. The van der Waals surface area contributed by atoms with E-state index in [1.807, 2.05) is 19.1 Å². The van der Waals surface area contributed by atoms with E-state index in [1.165, 1.54) is 25.9 Å². The highest BCUT2D eigenvalue weighted by atomic mass is 16.3. The second kappa shape index (κ2) is 12.5. The molecule has 1 aromatic carbocycles. The number of hydrogen-bond donors (Lipinski definition) is 4. The van der Waals surface area contributed by atoms with Gasteiger partial charge in [0.2, 0.25) is 0 Å². The molecule has 2 aliphatic heterocycles. The lowest BCUT2D eigenvalue weighted by atomic mass is 9.93. The van der Waals surface area contributed by atoms with Gasteiger partial charge in [-0.15, -0.1) is 0 Å². The van der Waals surface area contributed by atoms with Crippen molar-refractivity contribution in [3.8, 4) is 0 Å². The Morgan fingerprint density at radius 1 is 1.00 bits per heavy atom. The summed E-state index contributed by atoms with van der Waals surface area (Å²) in [6.45, 7) is 8.70. The normalized spacial score (nSPS) is 23.5. The minimum Gasteiger partial charge on any atom is -0.393 e. The summed E-state index contributed by atoms with van der Waals surface area (Å²) in [6, 6.07) is 9.17. The summed E-state index contributed by atoms with van der Waals surface area (Å²) in [5.74, 6) is 0.437. The van der Waals surface area contributed by atoms with Crippen LogP contribution >= 0.6 is 0 Å². The van der Waals surface area contributed by atoms with Gasteiger partial charge in [0.1, 0.15) is 5.82 Å². The number of nitrogens with zero attached hydrogens (tertiary/aromatic N) is 5. The largest absolute Gasteiger partial charge is 0.393 e. The Labute approximate surface area is 232 Å². The molecular formula is C29H44N8O2. The second-order valence-corrected chi connectivity index (χ2v) is 11.3. The first-order chi connectivity index (χ1) is 18.9. The summed E-state index contributed by atoms with van der Waals surface area (Å²) in [4.78, 5) is 29.3. The summed E-state index contributed by atoms with van der Waals surface area (Å²) in [5, 5.41) is 16.7. The Hall–Kier alpha value is -2.95. The maximum Gasteiger partial charge on any atom is 0.271 e. The van der Waals surface area contributed by atoms with Crippen molar-refractivity contribution in [2.45, 2.75) is 70.1 Å². The van der Waals surface area contributed by atoms with E-state index in [9.17, 15) is 9.90 Å². The summed E-state index contributed by atoms with van der Waals surface area (Å²) < 4.78 is 0. The molecule has 10 nitrogen and oxygen atoms in total. The minimum atomic E-state index is -0.603. The number of aromatic nitrogens is 2. The number of piperidine rings is 1. The van der Waals surface area contributed by atoms with E-state index in [-0.39, 0.29) is 17.8 Å². The van der Waals surface area contributed by atoms with Gasteiger partial charge in [-0.25, -0.2) is 9.97 Å². The first-order valence-corrected chi connectivity index (χ1v) is 14.6. The molecular weight excluding hydrogens is 492 g/mol. The molecule has 2 saturated heterocycles. The van der Waals surface area contributed by atoms with E-state index in [2.05, 4.69) is 49.5 Å². The van der Waals surface area contributed by atoms with E-state index in [1.54, 1.807) is 0 Å². The standard InChI is InChI=1S/C29H44N8O2/c1-3-25-28(31-20-7-9-24(38)10-8-20)34-29(26(33-25)27(30)39)32-21-5-4-6-23(19-21)36-13-11-22(12-14-36)37-17-15-35(2)16-18-37/h4-6,19-20,22,24,38H,3,7-18H2,1-2H3,(H2,30,39)(H2,31,32,34). The molecule has 5 rings (SSSR count). The first kappa shape index (κ1) is 27.6. The number of hydrogen-bond acceptors (Lipinski definition) is 9. The summed E-state index contributed by atoms with van der Waals surface area (Å²) in [6.07, 6.45) is 6.05. The van der Waals surface area contributed by atoms with Crippen molar-refractivity contribution >= 4 is 28.9 Å². The van der Waals surface area contributed by atoms with Gasteiger partial charge in [0.15, 0.2) is 11.5 Å². The highest BCUT2D eigenvalue weighted by Gasteiger charge is 2.27. The predicted octanol–water partition coefficient (Wildman–Crippen LogP) is 2.81. The van der Waals surface area contributed by atoms with Gasteiger partial charge in [-0.05, 0) is 70.2 Å². The number of carbonyl (C=O) groups excluding carboxylic acids is 1. The van der Waals surface area contributed by atoms with Gasteiger partial charge in [-0.1, -0.05) is 13.0 Å². The van der Waals surface area contributed by atoms with Crippen LogP contribution in [0.5, 0.6) is 0 Å². The number of aliphatic hydroxyl groups is 1. The summed E-state index contributed by atoms with van der Waals surface area (Å²) in [5.41, 5.74) is 8.60. The molecule has 0 bridgehead atoms. The van der Waals surface area contributed by atoms with Crippen LogP contribution in [0.15, 0.2) is 24.3 Å². The topological polar surface area (TPSA) is 123 Å². The number of likely N-dealkylation sites (N-methyl/N-ethyl adjacent to an activating group) is 1. The van der Waals surface area contributed by atoms with Gasteiger partial charge >= 0.3 is 0 Å². The molecule has 3 fully saturated rings. The lowest BCUT2D eigenvalue weighted by Crippen LogP contribution is -2.52. The number of aryl methyl sites for hydroxylation is 1. The average Bonchev–Trinajstić information content (AvgIpc) is 2.95. The summed E-state index contributed by atoms with van der Waals surface area (Å²) in [7, 11) is 2.21. The number of carbonyl (C=O) groups is 1. The van der Waals surface area contributed by atoms with Crippen molar-refractivity contribution in [2.75, 3.05) is 61.8 Å². The van der Waals surface area contributed by atoms with Gasteiger partial charge < -0.3 is 31.3 Å². The van der Waals surface area contributed by atoms with Gasteiger partial charge in [-0.3, -0.25) is 9.69 Å². The lowest BCUT2D eigenvalue weighted by molar-refractivity contribution is 0.0982. The monoisotopic (exact) mass is 536 g/mol. The maximum absolute atomic E-state index is 12.3. The van der Waals surface area contributed by atoms with Crippen molar-refractivity contribution < 1.29 is 9.90 Å². The van der Waals surface area contributed by atoms with E-state index in [0.29, 0.717) is 24.1 Å². The number of primary amides is 1. The highest BCUT2D eigenvalue weighted by Crippen LogP contribution is 2.29. The van der Waals surface area contributed by atoms with Gasteiger partial charge in [-0.2, -0.15) is 0 Å².